The minimum absolute atomic E-state index is 0.165. The zero-order valence-electron chi connectivity index (χ0n) is 7.60. The highest BCUT2D eigenvalue weighted by Crippen LogP contribution is 2.22. The van der Waals surface area contributed by atoms with E-state index in [4.69, 9.17) is 16.7 Å². The Morgan fingerprint density at radius 1 is 1.57 bits per heavy atom. The monoisotopic (exact) mass is 221 g/mol. The van der Waals surface area contributed by atoms with E-state index in [1.54, 1.807) is 6.92 Å². The summed E-state index contributed by atoms with van der Waals surface area (Å²) in [5.41, 5.74) is 1.17. The molecule has 14 heavy (non-hydrogen) atoms. The van der Waals surface area contributed by atoms with Gasteiger partial charge in [0.25, 0.3) is 6.43 Å². The van der Waals surface area contributed by atoms with Crippen molar-refractivity contribution in [3.63, 3.8) is 0 Å². The molecule has 0 aromatic carbocycles. The van der Waals surface area contributed by atoms with Crippen molar-refractivity contribution in [2.75, 3.05) is 0 Å². The molecule has 1 heterocycles. The summed E-state index contributed by atoms with van der Waals surface area (Å²) in [6.07, 6.45) is -2.62. The Morgan fingerprint density at radius 2 is 2.21 bits per heavy atom. The van der Waals surface area contributed by atoms with E-state index in [1.165, 1.54) is 6.07 Å². The first-order chi connectivity index (χ1) is 6.60. The van der Waals surface area contributed by atoms with Crippen LogP contribution in [-0.4, -0.2) is 10.1 Å². The van der Waals surface area contributed by atoms with Crippen molar-refractivity contribution in [3.05, 3.63) is 28.6 Å². The van der Waals surface area contributed by atoms with E-state index < -0.39 is 6.43 Å². The third kappa shape index (κ3) is 2.19. The van der Waals surface area contributed by atoms with E-state index in [9.17, 15) is 8.78 Å². The second-order valence-corrected chi connectivity index (χ2v) is 3.15. The molecule has 0 saturated heterocycles. The van der Waals surface area contributed by atoms with Gasteiger partial charge in [-0.15, -0.1) is 11.6 Å². The van der Waals surface area contributed by atoms with Gasteiger partial charge in [-0.3, -0.25) is 0 Å². The molecule has 1 aromatic rings. The second-order valence-electron chi connectivity index (χ2n) is 2.88. The average molecular weight is 222 g/mol. The topological polar surface area (TPSA) is 33.1 Å². The van der Waals surface area contributed by atoms with Crippen LogP contribution in [0.15, 0.2) is 6.07 Å². The number of nitrogens with zero attached hydrogens (tertiary/aromatic N) is 1. The van der Waals surface area contributed by atoms with Gasteiger partial charge in [0.15, 0.2) is 0 Å². The van der Waals surface area contributed by atoms with Crippen LogP contribution in [0.25, 0.3) is 0 Å². The Kier molecular flexibility index (Phi) is 3.77. The zero-order chi connectivity index (χ0) is 10.7. The first-order valence-electron chi connectivity index (χ1n) is 4.04. The van der Waals surface area contributed by atoms with Gasteiger partial charge in [0.05, 0.1) is 12.3 Å². The van der Waals surface area contributed by atoms with Gasteiger partial charge in [0.2, 0.25) is 0 Å². The summed E-state index contributed by atoms with van der Waals surface area (Å²) in [7, 11) is 0. The molecular formula is C9H10ClF2NO. The van der Waals surface area contributed by atoms with Crippen molar-refractivity contribution in [3.8, 4) is 0 Å². The fourth-order valence-corrected chi connectivity index (χ4v) is 1.58. The average Bonchev–Trinajstić information content (AvgIpc) is 2.16. The number of pyridine rings is 1. The molecule has 0 spiro atoms. The standard InChI is InChI=1S/C9H10ClF2NO/c1-5-2-7(9(11)12)13-8(4-14)6(5)3-10/h2,9,14H,3-4H2,1H3. The highest BCUT2D eigenvalue weighted by atomic mass is 35.5. The summed E-state index contributed by atoms with van der Waals surface area (Å²) in [4.78, 5) is 3.64. The summed E-state index contributed by atoms with van der Waals surface area (Å²) < 4.78 is 24.6. The molecule has 0 aliphatic carbocycles. The Balaban J connectivity index is 3.24. The Hall–Kier alpha value is -0.740. The number of alkyl halides is 3. The molecule has 0 saturated carbocycles. The number of aromatic nitrogens is 1. The minimum Gasteiger partial charge on any atom is -0.390 e. The SMILES string of the molecule is Cc1cc(C(F)F)nc(CO)c1CCl. The largest absolute Gasteiger partial charge is 0.390 e. The molecule has 78 valence electrons. The number of aliphatic hydroxyl groups is 1. The maximum atomic E-state index is 12.3. The number of aliphatic hydroxyl groups excluding tert-OH is 1. The third-order valence-corrected chi connectivity index (χ3v) is 2.23. The van der Waals surface area contributed by atoms with Crippen molar-refractivity contribution in [2.45, 2.75) is 25.8 Å². The molecule has 0 aliphatic rings. The molecular weight excluding hydrogens is 212 g/mol. The summed E-state index contributed by atoms with van der Waals surface area (Å²) in [6.45, 7) is 1.30. The van der Waals surface area contributed by atoms with Crippen LogP contribution in [0.5, 0.6) is 0 Å². The van der Waals surface area contributed by atoms with Crippen LogP contribution in [0, 0.1) is 6.92 Å². The van der Waals surface area contributed by atoms with Gasteiger partial charge in [0.1, 0.15) is 5.69 Å². The number of halogens is 3. The van der Waals surface area contributed by atoms with E-state index >= 15 is 0 Å². The van der Waals surface area contributed by atoms with Crippen LogP contribution >= 0.6 is 11.6 Å². The molecule has 2 nitrogen and oxygen atoms in total. The van der Waals surface area contributed by atoms with E-state index in [0.717, 1.165) is 0 Å². The summed E-state index contributed by atoms with van der Waals surface area (Å²) in [5.74, 6) is 0.165. The minimum atomic E-state index is -2.62. The lowest BCUT2D eigenvalue weighted by atomic mass is 10.1. The first-order valence-corrected chi connectivity index (χ1v) is 4.57. The Morgan fingerprint density at radius 3 is 2.64 bits per heavy atom. The Labute approximate surface area is 85.5 Å². The molecule has 5 heteroatoms. The molecule has 0 unspecified atom stereocenters. The smallest absolute Gasteiger partial charge is 0.280 e. The Bertz CT molecular complexity index is 331. The summed E-state index contributed by atoms with van der Waals surface area (Å²) in [6, 6.07) is 1.29. The maximum absolute atomic E-state index is 12.3. The molecule has 1 N–H and O–H groups in total. The zero-order valence-corrected chi connectivity index (χ0v) is 8.35. The van der Waals surface area contributed by atoms with Crippen molar-refractivity contribution < 1.29 is 13.9 Å². The second kappa shape index (κ2) is 4.66. The van der Waals surface area contributed by atoms with E-state index in [2.05, 4.69) is 4.98 Å². The molecule has 0 radical (unpaired) electrons. The molecule has 0 atom stereocenters. The lowest BCUT2D eigenvalue weighted by Crippen LogP contribution is -2.03. The van der Waals surface area contributed by atoms with Crippen LogP contribution in [0.2, 0.25) is 0 Å². The normalized spacial score (nSPS) is 11.0. The fourth-order valence-electron chi connectivity index (χ4n) is 1.22. The van der Waals surface area contributed by atoms with Gasteiger partial charge in [-0.1, -0.05) is 0 Å². The van der Waals surface area contributed by atoms with Gasteiger partial charge in [-0.25, -0.2) is 13.8 Å². The maximum Gasteiger partial charge on any atom is 0.280 e. The van der Waals surface area contributed by atoms with Gasteiger partial charge >= 0.3 is 0 Å². The van der Waals surface area contributed by atoms with E-state index in [1.807, 2.05) is 0 Å². The predicted molar refractivity (Wildman–Crippen MR) is 49.4 cm³/mol. The molecule has 0 aliphatic heterocycles. The van der Waals surface area contributed by atoms with Crippen LogP contribution in [0.3, 0.4) is 0 Å². The molecule has 0 amide bonds. The molecule has 1 aromatic heterocycles. The number of aryl methyl sites for hydroxylation is 1. The lowest BCUT2D eigenvalue weighted by molar-refractivity contribution is 0.145. The van der Waals surface area contributed by atoms with Crippen molar-refractivity contribution in [1.82, 2.24) is 4.98 Å². The molecule has 1 rings (SSSR count). The quantitative estimate of drug-likeness (QED) is 0.796. The first kappa shape index (κ1) is 11.3. The van der Waals surface area contributed by atoms with Gasteiger partial charge in [-0.05, 0) is 24.1 Å². The highest BCUT2D eigenvalue weighted by Gasteiger charge is 2.14. The van der Waals surface area contributed by atoms with E-state index in [0.29, 0.717) is 11.1 Å². The van der Waals surface area contributed by atoms with Crippen LogP contribution in [-0.2, 0) is 12.5 Å². The van der Waals surface area contributed by atoms with Crippen molar-refractivity contribution in [2.24, 2.45) is 0 Å². The van der Waals surface area contributed by atoms with Crippen LogP contribution in [0.1, 0.15) is 28.9 Å². The number of rotatable bonds is 3. The number of hydrogen-bond donors (Lipinski definition) is 1. The number of hydrogen-bond acceptors (Lipinski definition) is 2. The van der Waals surface area contributed by atoms with Crippen LogP contribution in [0.4, 0.5) is 8.78 Å². The lowest BCUT2D eigenvalue weighted by Gasteiger charge is -2.09. The van der Waals surface area contributed by atoms with Crippen molar-refractivity contribution >= 4 is 11.6 Å². The van der Waals surface area contributed by atoms with Gasteiger partial charge < -0.3 is 5.11 Å². The van der Waals surface area contributed by atoms with Crippen molar-refractivity contribution in [1.29, 1.82) is 0 Å². The predicted octanol–water partition coefficient (Wildman–Crippen LogP) is 2.56. The third-order valence-electron chi connectivity index (χ3n) is 1.96. The van der Waals surface area contributed by atoms with Gasteiger partial charge in [-0.2, -0.15) is 0 Å². The summed E-state index contributed by atoms with van der Waals surface area (Å²) >= 11 is 5.61. The fraction of sp³-hybridized carbons (Fsp3) is 0.444. The molecule has 0 fully saturated rings. The van der Waals surface area contributed by atoms with E-state index in [-0.39, 0.29) is 23.9 Å². The van der Waals surface area contributed by atoms with Crippen LogP contribution < -0.4 is 0 Å². The highest BCUT2D eigenvalue weighted by molar-refractivity contribution is 6.17. The molecule has 0 bridgehead atoms. The van der Waals surface area contributed by atoms with Gasteiger partial charge in [0, 0.05) is 5.88 Å². The summed E-state index contributed by atoms with van der Waals surface area (Å²) in [5, 5.41) is 8.91.